The van der Waals surface area contributed by atoms with E-state index in [1.807, 2.05) is 24.3 Å². The van der Waals surface area contributed by atoms with Crippen LogP contribution in [-0.2, 0) is 12.5 Å². The Morgan fingerprint density at radius 3 is 2.37 bits per heavy atom. The summed E-state index contributed by atoms with van der Waals surface area (Å²) in [5.74, 6) is 1.18. The molecule has 0 saturated carbocycles. The molecule has 4 heteroatoms. The normalized spacial score (nSPS) is 10.3. The van der Waals surface area contributed by atoms with Crippen LogP contribution in [0.1, 0.15) is 11.1 Å². The molecule has 2 rings (SSSR count). The van der Waals surface area contributed by atoms with Crippen LogP contribution in [0.5, 0.6) is 11.5 Å². The second-order valence-electron chi connectivity index (χ2n) is 4.07. The highest BCUT2D eigenvalue weighted by atomic mass is 35.5. The van der Waals surface area contributed by atoms with Gasteiger partial charge in [-0.25, -0.2) is 4.39 Å². The quantitative estimate of drug-likeness (QED) is 0.766. The van der Waals surface area contributed by atoms with Crippen molar-refractivity contribution in [3.8, 4) is 11.5 Å². The minimum atomic E-state index is -0.345. The van der Waals surface area contributed by atoms with E-state index in [2.05, 4.69) is 0 Å². The summed E-state index contributed by atoms with van der Waals surface area (Å²) < 4.78 is 23.9. The van der Waals surface area contributed by atoms with Gasteiger partial charge in [0, 0.05) is 11.9 Å². The molecule has 2 aromatic carbocycles. The molecule has 0 amide bonds. The van der Waals surface area contributed by atoms with Gasteiger partial charge in [0.25, 0.3) is 0 Å². The molecule has 0 bridgehead atoms. The Morgan fingerprint density at radius 2 is 1.74 bits per heavy atom. The third kappa shape index (κ3) is 3.86. The summed E-state index contributed by atoms with van der Waals surface area (Å²) in [7, 11) is 1.62. The van der Waals surface area contributed by atoms with Crippen LogP contribution >= 0.6 is 11.6 Å². The molecule has 0 N–H and O–H groups in total. The van der Waals surface area contributed by atoms with Crippen molar-refractivity contribution >= 4 is 11.6 Å². The lowest BCUT2D eigenvalue weighted by molar-refractivity contribution is 0.304. The number of rotatable bonds is 5. The summed E-state index contributed by atoms with van der Waals surface area (Å²) in [5, 5.41) is 0. The van der Waals surface area contributed by atoms with Crippen LogP contribution in [0.25, 0.3) is 0 Å². The van der Waals surface area contributed by atoms with E-state index in [1.54, 1.807) is 13.2 Å². The number of hydrogen-bond donors (Lipinski definition) is 0. The highest BCUT2D eigenvalue weighted by molar-refractivity contribution is 6.17. The van der Waals surface area contributed by atoms with Crippen LogP contribution in [-0.4, -0.2) is 7.11 Å². The van der Waals surface area contributed by atoms with Crippen LogP contribution in [0, 0.1) is 5.82 Å². The van der Waals surface area contributed by atoms with Gasteiger partial charge in [-0.1, -0.05) is 12.1 Å². The maximum absolute atomic E-state index is 13.3. The van der Waals surface area contributed by atoms with Gasteiger partial charge in [-0.2, -0.15) is 0 Å². The number of benzene rings is 2. The SMILES string of the molecule is COc1ccc(COc2cc(F)cc(CCl)c2)cc1. The Kier molecular flexibility index (Phi) is 4.63. The largest absolute Gasteiger partial charge is 0.497 e. The van der Waals surface area contributed by atoms with Crippen molar-refractivity contribution in [2.75, 3.05) is 7.11 Å². The fraction of sp³-hybridized carbons (Fsp3) is 0.200. The molecule has 0 fully saturated rings. The lowest BCUT2D eigenvalue weighted by atomic mass is 10.2. The minimum Gasteiger partial charge on any atom is -0.497 e. The lowest BCUT2D eigenvalue weighted by Crippen LogP contribution is -1.97. The summed E-state index contributed by atoms with van der Waals surface area (Å²) in [4.78, 5) is 0. The van der Waals surface area contributed by atoms with Crippen LogP contribution in [0.15, 0.2) is 42.5 Å². The molecular weight excluding hydrogens is 267 g/mol. The molecule has 0 aliphatic rings. The Morgan fingerprint density at radius 1 is 1.00 bits per heavy atom. The Labute approximate surface area is 116 Å². The monoisotopic (exact) mass is 280 g/mol. The van der Waals surface area contributed by atoms with Gasteiger partial charge < -0.3 is 9.47 Å². The van der Waals surface area contributed by atoms with E-state index in [9.17, 15) is 4.39 Å². The third-order valence-electron chi connectivity index (χ3n) is 2.65. The van der Waals surface area contributed by atoms with Crippen molar-refractivity contribution in [3.05, 3.63) is 59.4 Å². The van der Waals surface area contributed by atoms with Gasteiger partial charge in [0.2, 0.25) is 0 Å². The first-order valence-electron chi connectivity index (χ1n) is 5.82. The van der Waals surface area contributed by atoms with E-state index in [0.29, 0.717) is 17.9 Å². The third-order valence-corrected chi connectivity index (χ3v) is 2.96. The molecule has 0 spiro atoms. The summed E-state index contributed by atoms with van der Waals surface area (Å²) in [6.45, 7) is 0.370. The molecule has 0 heterocycles. The highest BCUT2D eigenvalue weighted by Crippen LogP contribution is 2.19. The van der Waals surface area contributed by atoms with Gasteiger partial charge in [0.05, 0.1) is 7.11 Å². The predicted octanol–water partition coefficient (Wildman–Crippen LogP) is 4.15. The van der Waals surface area contributed by atoms with Crippen molar-refractivity contribution in [2.45, 2.75) is 12.5 Å². The van der Waals surface area contributed by atoms with Gasteiger partial charge in [-0.15, -0.1) is 11.6 Å². The van der Waals surface area contributed by atoms with Crippen LogP contribution < -0.4 is 9.47 Å². The van der Waals surface area contributed by atoms with Crippen LogP contribution in [0.4, 0.5) is 4.39 Å². The second kappa shape index (κ2) is 6.43. The topological polar surface area (TPSA) is 18.5 Å². The fourth-order valence-corrected chi connectivity index (χ4v) is 1.82. The fourth-order valence-electron chi connectivity index (χ4n) is 1.67. The van der Waals surface area contributed by atoms with E-state index in [1.165, 1.54) is 12.1 Å². The number of hydrogen-bond acceptors (Lipinski definition) is 2. The zero-order valence-electron chi connectivity index (χ0n) is 10.5. The van der Waals surface area contributed by atoms with Crippen molar-refractivity contribution in [1.29, 1.82) is 0 Å². The van der Waals surface area contributed by atoms with E-state index in [-0.39, 0.29) is 11.7 Å². The van der Waals surface area contributed by atoms with Crippen LogP contribution in [0.2, 0.25) is 0 Å². The summed E-state index contributed by atoms with van der Waals surface area (Å²) in [6, 6.07) is 12.0. The van der Waals surface area contributed by atoms with Gasteiger partial charge >= 0.3 is 0 Å². The zero-order chi connectivity index (χ0) is 13.7. The maximum Gasteiger partial charge on any atom is 0.127 e. The predicted molar refractivity (Wildman–Crippen MR) is 73.3 cm³/mol. The molecular formula is C15H14ClFO2. The Balaban J connectivity index is 2.03. The van der Waals surface area contributed by atoms with Crippen molar-refractivity contribution < 1.29 is 13.9 Å². The van der Waals surface area contributed by atoms with Gasteiger partial charge in [0.1, 0.15) is 23.9 Å². The van der Waals surface area contributed by atoms with E-state index in [4.69, 9.17) is 21.1 Å². The van der Waals surface area contributed by atoms with Crippen molar-refractivity contribution in [3.63, 3.8) is 0 Å². The second-order valence-corrected chi connectivity index (χ2v) is 4.33. The molecule has 0 saturated heterocycles. The molecule has 0 radical (unpaired) electrons. The summed E-state index contributed by atoms with van der Waals surface area (Å²) in [6.07, 6.45) is 0. The van der Waals surface area contributed by atoms with Gasteiger partial charge in [-0.05, 0) is 35.4 Å². The van der Waals surface area contributed by atoms with E-state index >= 15 is 0 Å². The number of methoxy groups -OCH3 is 1. The number of ether oxygens (including phenoxy) is 2. The maximum atomic E-state index is 13.3. The average molecular weight is 281 g/mol. The number of alkyl halides is 1. The smallest absolute Gasteiger partial charge is 0.127 e. The minimum absolute atomic E-state index is 0.261. The molecule has 0 aliphatic heterocycles. The molecule has 0 aliphatic carbocycles. The molecule has 2 nitrogen and oxygen atoms in total. The first kappa shape index (κ1) is 13.7. The van der Waals surface area contributed by atoms with Crippen LogP contribution in [0.3, 0.4) is 0 Å². The summed E-state index contributed by atoms with van der Waals surface area (Å²) in [5.41, 5.74) is 1.68. The number of halogens is 2. The van der Waals surface area contributed by atoms with Crippen molar-refractivity contribution in [2.24, 2.45) is 0 Å². The van der Waals surface area contributed by atoms with Gasteiger partial charge in [0.15, 0.2) is 0 Å². The average Bonchev–Trinajstić information content (AvgIpc) is 2.45. The highest BCUT2D eigenvalue weighted by Gasteiger charge is 2.02. The molecule has 100 valence electrons. The zero-order valence-corrected chi connectivity index (χ0v) is 11.3. The lowest BCUT2D eigenvalue weighted by Gasteiger charge is -2.08. The first-order valence-corrected chi connectivity index (χ1v) is 6.36. The Bertz CT molecular complexity index is 540. The summed E-state index contributed by atoms with van der Waals surface area (Å²) >= 11 is 5.69. The molecule has 0 unspecified atom stereocenters. The Hall–Kier alpha value is -1.74. The van der Waals surface area contributed by atoms with E-state index in [0.717, 1.165) is 11.3 Å². The van der Waals surface area contributed by atoms with Crippen molar-refractivity contribution in [1.82, 2.24) is 0 Å². The molecule has 2 aromatic rings. The standard InChI is InChI=1S/C15H14ClFO2/c1-18-14-4-2-11(3-5-14)10-19-15-7-12(9-16)6-13(17)8-15/h2-8H,9-10H2,1H3. The first-order chi connectivity index (χ1) is 9.21. The van der Waals surface area contributed by atoms with Gasteiger partial charge in [-0.3, -0.25) is 0 Å². The molecule has 19 heavy (non-hydrogen) atoms. The molecule has 0 atom stereocenters. The van der Waals surface area contributed by atoms with E-state index < -0.39 is 0 Å². The molecule has 0 aromatic heterocycles.